The Bertz CT molecular complexity index is 573. The van der Waals surface area contributed by atoms with E-state index in [9.17, 15) is 4.79 Å². The van der Waals surface area contributed by atoms with Crippen LogP contribution >= 0.6 is 0 Å². The van der Waals surface area contributed by atoms with Crippen LogP contribution < -0.4 is 0 Å². The number of hydrogen-bond donors (Lipinski definition) is 0. The van der Waals surface area contributed by atoms with Crippen molar-refractivity contribution in [3.63, 3.8) is 0 Å². The zero-order valence-electron chi connectivity index (χ0n) is 14.0. The minimum atomic E-state index is -1.24. The molecule has 1 aliphatic carbocycles. The molecule has 3 rings (SSSR count). The molecule has 1 aliphatic heterocycles. The van der Waals surface area contributed by atoms with Crippen molar-refractivity contribution in [2.75, 3.05) is 6.54 Å². The van der Waals surface area contributed by atoms with E-state index in [0.29, 0.717) is 6.04 Å². The summed E-state index contributed by atoms with van der Waals surface area (Å²) in [5.74, 6) is 1.04. The fourth-order valence-electron chi connectivity index (χ4n) is 3.90. The topological polar surface area (TPSA) is 20.3 Å². The monoisotopic (exact) mass is 313 g/mol. The molecule has 1 saturated carbocycles. The Balaban J connectivity index is 1.88. The Morgan fingerprint density at radius 1 is 1.18 bits per heavy atom. The summed E-state index contributed by atoms with van der Waals surface area (Å²) in [4.78, 5) is 15.1. The molecule has 2 fully saturated rings. The van der Waals surface area contributed by atoms with Crippen LogP contribution in [0.4, 0.5) is 0 Å². The summed E-state index contributed by atoms with van der Waals surface area (Å²) in [5.41, 5.74) is 4.92. The van der Waals surface area contributed by atoms with Crippen LogP contribution in [0.2, 0.25) is 19.6 Å². The Hall–Kier alpha value is -1.35. The van der Waals surface area contributed by atoms with Gasteiger partial charge in [0.15, 0.2) is 0 Å². The van der Waals surface area contributed by atoms with E-state index in [1.807, 2.05) is 30.3 Å². The molecule has 1 heterocycles. The molecule has 0 aromatic heterocycles. The highest BCUT2D eigenvalue weighted by molar-refractivity contribution is 6.81. The first-order valence-electron chi connectivity index (χ1n) is 8.52. The lowest BCUT2D eigenvalue weighted by Gasteiger charge is -2.45. The third kappa shape index (κ3) is 3.35. The van der Waals surface area contributed by atoms with Gasteiger partial charge < -0.3 is 4.90 Å². The Morgan fingerprint density at radius 3 is 2.59 bits per heavy atom. The van der Waals surface area contributed by atoms with Gasteiger partial charge in [-0.2, -0.15) is 0 Å². The molecule has 2 nitrogen and oxygen atoms in total. The van der Waals surface area contributed by atoms with Gasteiger partial charge in [0.05, 0.1) is 14.1 Å². The normalized spacial score (nSPS) is 27.0. The number of fused-ring (bicyclic) bond motifs is 2. The van der Waals surface area contributed by atoms with E-state index in [1.165, 1.54) is 25.7 Å². The Labute approximate surface area is 135 Å². The third-order valence-electron chi connectivity index (χ3n) is 4.88. The molecule has 22 heavy (non-hydrogen) atoms. The zero-order chi connectivity index (χ0) is 15.7. The van der Waals surface area contributed by atoms with Crippen LogP contribution in [0.3, 0.4) is 0 Å². The lowest BCUT2D eigenvalue weighted by molar-refractivity contribution is 0.0549. The average molecular weight is 314 g/mol. The summed E-state index contributed by atoms with van der Waals surface area (Å²) >= 11 is 0. The van der Waals surface area contributed by atoms with E-state index in [0.717, 1.165) is 18.0 Å². The van der Waals surface area contributed by atoms with Crippen LogP contribution in [0.15, 0.2) is 41.6 Å². The van der Waals surface area contributed by atoms with Gasteiger partial charge in [-0.1, -0.05) is 49.1 Å². The smallest absolute Gasteiger partial charge is 0.254 e. The number of piperidine rings is 1. The van der Waals surface area contributed by atoms with Crippen molar-refractivity contribution in [3.05, 3.63) is 47.2 Å². The van der Waals surface area contributed by atoms with Gasteiger partial charge in [0.2, 0.25) is 0 Å². The van der Waals surface area contributed by atoms with Gasteiger partial charge in [0, 0.05) is 12.1 Å². The minimum absolute atomic E-state index is 0.215. The van der Waals surface area contributed by atoms with Gasteiger partial charge in [0.1, 0.15) is 0 Å². The third-order valence-corrected chi connectivity index (χ3v) is 6.12. The largest absolute Gasteiger partial charge is 0.332 e. The number of carbonyl (C=O) groups is 1. The number of amides is 1. The first kappa shape index (κ1) is 15.5. The highest BCUT2D eigenvalue weighted by Crippen LogP contribution is 2.39. The molecule has 2 unspecified atom stereocenters. The summed E-state index contributed by atoms with van der Waals surface area (Å²) in [5, 5.41) is 0. The Morgan fingerprint density at radius 2 is 1.91 bits per heavy atom. The predicted octanol–water partition coefficient (Wildman–Crippen LogP) is 4.51. The van der Waals surface area contributed by atoms with Gasteiger partial charge in [-0.25, -0.2) is 0 Å². The van der Waals surface area contributed by atoms with E-state index in [2.05, 4.69) is 30.2 Å². The van der Waals surface area contributed by atoms with Crippen LogP contribution in [0.25, 0.3) is 0 Å². The van der Waals surface area contributed by atoms with E-state index in [1.54, 1.807) is 5.57 Å². The molecule has 2 aliphatic rings. The maximum atomic E-state index is 12.9. The number of rotatable bonds is 2. The fraction of sp³-hybridized carbons (Fsp3) is 0.526. The second-order valence-corrected chi connectivity index (χ2v) is 12.9. The summed E-state index contributed by atoms with van der Waals surface area (Å²) in [6, 6.07) is 10.1. The van der Waals surface area contributed by atoms with Crippen molar-refractivity contribution in [2.24, 2.45) is 5.92 Å². The highest BCUT2D eigenvalue weighted by atomic mass is 28.3. The molecule has 1 aromatic rings. The SMILES string of the molecule is C[Si](C)(C)/C=C1\CCC2CCN(C(=O)c3ccccc3)C1C2. The van der Waals surface area contributed by atoms with Gasteiger partial charge >= 0.3 is 0 Å². The highest BCUT2D eigenvalue weighted by Gasteiger charge is 2.37. The van der Waals surface area contributed by atoms with Gasteiger partial charge in [-0.15, -0.1) is 0 Å². The minimum Gasteiger partial charge on any atom is -0.332 e. The standard InChI is InChI=1S/C19H27NOSi/c1-22(2,3)14-17-10-9-15-11-12-20(18(17)13-15)19(21)16-7-5-4-6-8-16/h4-8,14-15,18H,9-13H2,1-3H3/b17-14+. The lowest BCUT2D eigenvalue weighted by atomic mass is 9.77. The van der Waals surface area contributed by atoms with Gasteiger partial charge in [-0.3, -0.25) is 4.79 Å². The van der Waals surface area contributed by atoms with Crippen LogP contribution in [0, 0.1) is 5.92 Å². The van der Waals surface area contributed by atoms with Crippen molar-refractivity contribution >= 4 is 14.0 Å². The Kier molecular flexibility index (Phi) is 4.26. The summed E-state index contributed by atoms with van der Waals surface area (Å²) < 4.78 is 0. The number of nitrogens with zero attached hydrogens (tertiary/aromatic N) is 1. The van der Waals surface area contributed by atoms with Crippen LogP contribution in [0.1, 0.15) is 36.0 Å². The molecule has 1 aromatic carbocycles. The summed E-state index contributed by atoms with van der Waals surface area (Å²) in [6.07, 6.45) is 4.86. The molecule has 1 amide bonds. The molecule has 2 atom stereocenters. The van der Waals surface area contributed by atoms with E-state index in [4.69, 9.17) is 0 Å². The average Bonchev–Trinajstić information content (AvgIpc) is 2.50. The lowest BCUT2D eigenvalue weighted by Crippen LogP contribution is -2.49. The quantitative estimate of drug-likeness (QED) is 0.736. The van der Waals surface area contributed by atoms with Crippen LogP contribution in [-0.2, 0) is 0 Å². The van der Waals surface area contributed by atoms with E-state index < -0.39 is 8.07 Å². The molecule has 0 radical (unpaired) electrons. The van der Waals surface area contributed by atoms with E-state index >= 15 is 0 Å². The molecule has 0 N–H and O–H groups in total. The first-order valence-corrected chi connectivity index (χ1v) is 12.1. The molecular formula is C19H27NOSi. The number of benzene rings is 1. The maximum Gasteiger partial charge on any atom is 0.254 e. The van der Waals surface area contributed by atoms with Crippen molar-refractivity contribution in [3.8, 4) is 0 Å². The van der Waals surface area contributed by atoms with Gasteiger partial charge in [-0.05, 0) is 43.7 Å². The van der Waals surface area contributed by atoms with Crippen LogP contribution in [0.5, 0.6) is 0 Å². The molecule has 0 spiro atoms. The molecular weight excluding hydrogens is 286 g/mol. The second kappa shape index (κ2) is 6.03. The second-order valence-electron chi connectivity index (χ2n) is 7.89. The van der Waals surface area contributed by atoms with Crippen molar-refractivity contribution < 1.29 is 4.79 Å². The van der Waals surface area contributed by atoms with Crippen molar-refractivity contribution in [1.29, 1.82) is 0 Å². The first-order chi connectivity index (χ1) is 10.4. The molecule has 1 saturated heterocycles. The van der Waals surface area contributed by atoms with Crippen LogP contribution in [-0.4, -0.2) is 31.5 Å². The number of hydrogen-bond acceptors (Lipinski definition) is 1. The number of carbonyl (C=O) groups excluding carboxylic acids is 1. The fourth-order valence-corrected chi connectivity index (χ4v) is 5.35. The molecule has 2 bridgehead atoms. The van der Waals surface area contributed by atoms with Crippen molar-refractivity contribution in [2.45, 2.75) is 51.4 Å². The maximum absolute atomic E-state index is 12.9. The predicted molar refractivity (Wildman–Crippen MR) is 94.7 cm³/mol. The van der Waals surface area contributed by atoms with Crippen molar-refractivity contribution in [1.82, 2.24) is 4.90 Å². The summed E-state index contributed by atoms with van der Waals surface area (Å²) in [6.45, 7) is 8.08. The van der Waals surface area contributed by atoms with E-state index in [-0.39, 0.29) is 5.91 Å². The molecule has 118 valence electrons. The molecule has 3 heteroatoms. The zero-order valence-corrected chi connectivity index (χ0v) is 15.0. The van der Waals surface area contributed by atoms with Gasteiger partial charge in [0.25, 0.3) is 5.91 Å². The number of likely N-dealkylation sites (tertiary alicyclic amines) is 1. The summed E-state index contributed by atoms with van der Waals surface area (Å²) in [7, 11) is -1.24.